The van der Waals surface area contributed by atoms with Crippen LogP contribution in [0.1, 0.15) is 6.92 Å². The van der Waals surface area contributed by atoms with Gasteiger partial charge in [0.05, 0.1) is 0 Å². The fourth-order valence-electron chi connectivity index (χ4n) is 1.80. The molecule has 0 atom stereocenters. The van der Waals surface area contributed by atoms with Crippen LogP contribution < -0.4 is 10.9 Å². The summed E-state index contributed by atoms with van der Waals surface area (Å²) < 4.78 is 5.77. The number of hydrogen-bond donors (Lipinski definition) is 0. The number of carbonyl (C=O) groups is 1. The Morgan fingerprint density at radius 1 is 0.947 bits per heavy atom. The Hall–Kier alpha value is -2.07. The van der Waals surface area contributed by atoms with Crippen molar-refractivity contribution >= 4 is 23.7 Å². The molecule has 2 aromatic carbocycles. The summed E-state index contributed by atoms with van der Waals surface area (Å²) in [5.41, 5.74) is 2.03. The van der Waals surface area contributed by atoms with Gasteiger partial charge in [0.25, 0.3) is 0 Å². The Kier molecular flexibility index (Phi) is 4.37. The minimum absolute atomic E-state index is 0.128. The average Bonchev–Trinajstić information content (AvgIpc) is 2.46. The van der Waals surface area contributed by atoms with Crippen LogP contribution in [-0.4, -0.2) is 24.9 Å². The summed E-state index contributed by atoms with van der Waals surface area (Å²) in [4.78, 5) is 11.3. The summed E-state index contributed by atoms with van der Waals surface area (Å²) in [6, 6.07) is 19.7. The Balaban J connectivity index is 2.32. The number of amides is 1. The van der Waals surface area contributed by atoms with Crippen molar-refractivity contribution in [2.75, 3.05) is 7.05 Å². The lowest BCUT2D eigenvalue weighted by Crippen LogP contribution is -2.49. The zero-order chi connectivity index (χ0) is 13.7. The molecule has 0 bridgehead atoms. The van der Waals surface area contributed by atoms with E-state index in [1.807, 2.05) is 60.7 Å². The highest BCUT2D eigenvalue weighted by molar-refractivity contribution is 6.79. The lowest BCUT2D eigenvalue weighted by atomic mass is 9.55. The van der Waals surface area contributed by atoms with Gasteiger partial charge in [-0.25, -0.2) is 5.06 Å². The van der Waals surface area contributed by atoms with Crippen LogP contribution in [0.15, 0.2) is 60.7 Å². The highest BCUT2D eigenvalue weighted by atomic mass is 16.7. The van der Waals surface area contributed by atoms with Crippen molar-refractivity contribution < 1.29 is 9.55 Å². The van der Waals surface area contributed by atoms with E-state index in [0.717, 1.165) is 10.9 Å². The molecule has 0 heterocycles. The molecule has 0 unspecified atom stereocenters. The average molecular weight is 253 g/mol. The molecule has 0 fully saturated rings. The molecule has 0 aromatic heterocycles. The van der Waals surface area contributed by atoms with Crippen LogP contribution in [0, 0.1) is 0 Å². The van der Waals surface area contributed by atoms with Gasteiger partial charge in [0.1, 0.15) is 0 Å². The smallest absolute Gasteiger partial charge is 0.323 e. The van der Waals surface area contributed by atoms with E-state index in [1.54, 1.807) is 7.05 Å². The van der Waals surface area contributed by atoms with Crippen LogP contribution in [0.3, 0.4) is 0 Å². The zero-order valence-corrected chi connectivity index (χ0v) is 11.1. The minimum Gasteiger partial charge on any atom is -0.323 e. The molecule has 0 aliphatic rings. The van der Waals surface area contributed by atoms with Crippen molar-refractivity contribution in [1.29, 1.82) is 0 Å². The Morgan fingerprint density at radius 2 is 1.37 bits per heavy atom. The summed E-state index contributed by atoms with van der Waals surface area (Å²) in [6.07, 6.45) is 0. The van der Waals surface area contributed by atoms with Crippen molar-refractivity contribution in [3.63, 3.8) is 0 Å². The maximum Gasteiger partial charge on any atom is 0.395 e. The predicted molar refractivity (Wildman–Crippen MR) is 77.4 cm³/mol. The zero-order valence-electron chi connectivity index (χ0n) is 11.1. The minimum atomic E-state index is -0.281. The van der Waals surface area contributed by atoms with Gasteiger partial charge in [0.2, 0.25) is 5.91 Å². The van der Waals surface area contributed by atoms with Gasteiger partial charge < -0.3 is 4.76 Å². The van der Waals surface area contributed by atoms with Gasteiger partial charge in [-0.2, -0.15) is 0 Å². The van der Waals surface area contributed by atoms with E-state index >= 15 is 0 Å². The Morgan fingerprint density at radius 3 is 1.74 bits per heavy atom. The lowest BCUT2D eigenvalue weighted by Gasteiger charge is -2.21. The number of nitrogens with zero attached hydrogens (tertiary/aromatic N) is 1. The highest BCUT2D eigenvalue weighted by Crippen LogP contribution is 1.97. The van der Waals surface area contributed by atoms with Crippen molar-refractivity contribution in [3.05, 3.63) is 60.7 Å². The molecule has 0 aliphatic heterocycles. The van der Waals surface area contributed by atoms with Crippen LogP contribution in [0.2, 0.25) is 0 Å². The molecule has 4 heteroatoms. The summed E-state index contributed by atoms with van der Waals surface area (Å²) in [5.74, 6) is -0.128. The first-order valence-corrected chi connectivity index (χ1v) is 6.19. The second-order valence-electron chi connectivity index (χ2n) is 4.32. The van der Waals surface area contributed by atoms with Crippen molar-refractivity contribution in [2.24, 2.45) is 0 Å². The second-order valence-corrected chi connectivity index (χ2v) is 4.32. The normalized spacial score (nSPS) is 10.0. The number of hydrogen-bond acceptors (Lipinski definition) is 2. The van der Waals surface area contributed by atoms with E-state index in [2.05, 4.69) is 0 Å². The highest BCUT2D eigenvalue weighted by Gasteiger charge is 2.24. The molecule has 0 saturated carbocycles. The molecule has 0 saturated heterocycles. The van der Waals surface area contributed by atoms with Gasteiger partial charge in [-0.05, 0) is 10.9 Å². The van der Waals surface area contributed by atoms with E-state index < -0.39 is 0 Å². The number of hydroxylamine groups is 2. The van der Waals surface area contributed by atoms with Crippen LogP contribution in [0.25, 0.3) is 0 Å². The second kappa shape index (κ2) is 6.20. The first-order valence-electron chi connectivity index (χ1n) is 6.19. The molecule has 0 spiro atoms. The first kappa shape index (κ1) is 13.4. The quantitative estimate of drug-likeness (QED) is 0.605. The summed E-state index contributed by atoms with van der Waals surface area (Å²) >= 11 is 0. The van der Waals surface area contributed by atoms with E-state index in [1.165, 1.54) is 12.0 Å². The summed E-state index contributed by atoms with van der Waals surface area (Å²) in [7, 11) is 1.63. The SMILES string of the molecule is CC(=O)N(C)OB(c1ccccc1)c1ccccc1. The predicted octanol–water partition coefficient (Wildman–Crippen LogP) is 1.20. The largest absolute Gasteiger partial charge is 0.395 e. The fraction of sp³-hybridized carbons (Fsp3) is 0.133. The number of carbonyl (C=O) groups excluding carboxylic acids is 1. The maximum atomic E-state index is 11.3. The standard InChI is InChI=1S/C15H16BNO2/c1-13(18)17(2)19-16(14-9-5-3-6-10-14)15-11-7-4-8-12-15/h3-12H,1-2H3. The van der Waals surface area contributed by atoms with Gasteiger partial charge in [-0.1, -0.05) is 60.7 Å². The first-order chi connectivity index (χ1) is 9.18. The van der Waals surface area contributed by atoms with Gasteiger partial charge in [0, 0.05) is 14.0 Å². The van der Waals surface area contributed by atoms with Crippen LogP contribution in [-0.2, 0) is 9.55 Å². The van der Waals surface area contributed by atoms with Gasteiger partial charge >= 0.3 is 6.92 Å². The lowest BCUT2D eigenvalue weighted by molar-refractivity contribution is -0.150. The van der Waals surface area contributed by atoms with Crippen LogP contribution in [0.4, 0.5) is 0 Å². The topological polar surface area (TPSA) is 29.5 Å². The monoisotopic (exact) mass is 253 g/mol. The molecular weight excluding hydrogens is 237 g/mol. The van der Waals surface area contributed by atoms with Crippen molar-refractivity contribution in [2.45, 2.75) is 6.92 Å². The van der Waals surface area contributed by atoms with E-state index in [-0.39, 0.29) is 12.8 Å². The third-order valence-electron chi connectivity index (χ3n) is 2.91. The Bertz CT molecular complexity index is 491. The van der Waals surface area contributed by atoms with Gasteiger partial charge in [-0.3, -0.25) is 4.79 Å². The molecule has 0 radical (unpaired) electrons. The molecular formula is C15H16BNO2. The third kappa shape index (κ3) is 3.45. The van der Waals surface area contributed by atoms with E-state index in [9.17, 15) is 4.79 Å². The molecule has 2 aromatic rings. The number of rotatable bonds is 4. The molecule has 96 valence electrons. The van der Waals surface area contributed by atoms with Crippen molar-refractivity contribution in [1.82, 2.24) is 5.06 Å². The molecule has 0 aliphatic carbocycles. The fourth-order valence-corrected chi connectivity index (χ4v) is 1.80. The van der Waals surface area contributed by atoms with Gasteiger partial charge in [-0.15, -0.1) is 0 Å². The summed E-state index contributed by atoms with van der Waals surface area (Å²) in [6.45, 7) is 1.20. The van der Waals surface area contributed by atoms with Crippen LogP contribution in [0.5, 0.6) is 0 Å². The van der Waals surface area contributed by atoms with E-state index in [4.69, 9.17) is 4.76 Å². The molecule has 1 amide bonds. The van der Waals surface area contributed by atoms with Crippen molar-refractivity contribution in [3.8, 4) is 0 Å². The molecule has 2 rings (SSSR count). The Labute approximate surface area is 113 Å². The summed E-state index contributed by atoms with van der Waals surface area (Å²) in [5, 5.41) is 1.27. The molecule has 3 nitrogen and oxygen atoms in total. The molecule has 19 heavy (non-hydrogen) atoms. The van der Waals surface area contributed by atoms with E-state index in [0.29, 0.717) is 0 Å². The molecule has 0 N–H and O–H groups in total. The van der Waals surface area contributed by atoms with Gasteiger partial charge in [0.15, 0.2) is 0 Å². The number of benzene rings is 2. The van der Waals surface area contributed by atoms with Crippen LogP contribution >= 0.6 is 0 Å². The third-order valence-corrected chi connectivity index (χ3v) is 2.91. The maximum absolute atomic E-state index is 11.3.